The molecule has 0 saturated heterocycles. The second-order valence-corrected chi connectivity index (χ2v) is 3.87. The summed E-state index contributed by atoms with van der Waals surface area (Å²) in [5.74, 6) is 0. The van der Waals surface area contributed by atoms with E-state index < -0.39 is 0 Å². The largest absolute Gasteiger partial charge is 0.315 e. The molecule has 0 amide bonds. The third-order valence-electron chi connectivity index (χ3n) is 2.41. The van der Waals surface area contributed by atoms with E-state index in [0.29, 0.717) is 6.04 Å². The Morgan fingerprint density at radius 3 is 2.93 bits per heavy atom. The van der Waals surface area contributed by atoms with E-state index in [-0.39, 0.29) is 0 Å². The first-order chi connectivity index (χ1) is 6.72. The van der Waals surface area contributed by atoms with Gasteiger partial charge in [0, 0.05) is 19.3 Å². The Bertz CT molecular complexity index is 255. The Morgan fingerprint density at radius 2 is 2.36 bits per heavy atom. The molecule has 14 heavy (non-hydrogen) atoms. The van der Waals surface area contributed by atoms with Crippen molar-refractivity contribution in [1.82, 2.24) is 15.1 Å². The van der Waals surface area contributed by atoms with Crippen molar-refractivity contribution in [2.45, 2.75) is 39.2 Å². The van der Waals surface area contributed by atoms with Crippen LogP contribution in [-0.4, -0.2) is 22.4 Å². The predicted octanol–water partition coefficient (Wildman–Crippen LogP) is 1.74. The van der Waals surface area contributed by atoms with Crippen molar-refractivity contribution in [3.05, 3.63) is 18.0 Å². The minimum Gasteiger partial charge on any atom is -0.315 e. The average Bonchev–Trinajstić information content (AvgIpc) is 2.52. The van der Waals surface area contributed by atoms with Crippen LogP contribution in [0.2, 0.25) is 0 Å². The maximum atomic E-state index is 4.15. The van der Waals surface area contributed by atoms with Gasteiger partial charge in [0.25, 0.3) is 0 Å². The Hall–Kier alpha value is -0.830. The molecule has 1 unspecified atom stereocenters. The lowest BCUT2D eigenvalue weighted by atomic mass is 10.1. The number of nitrogens with one attached hydrogen (secondary N) is 1. The van der Waals surface area contributed by atoms with Crippen LogP contribution in [0.5, 0.6) is 0 Å². The van der Waals surface area contributed by atoms with Crippen LogP contribution in [0.25, 0.3) is 0 Å². The predicted molar refractivity (Wildman–Crippen MR) is 59.3 cm³/mol. The fraction of sp³-hybridized carbons (Fsp3) is 0.727. The van der Waals surface area contributed by atoms with Crippen molar-refractivity contribution in [3.8, 4) is 0 Å². The number of aryl methyl sites for hydroxylation is 2. The lowest BCUT2D eigenvalue weighted by Gasteiger charge is -2.10. The van der Waals surface area contributed by atoms with Gasteiger partial charge < -0.3 is 5.32 Å². The van der Waals surface area contributed by atoms with Gasteiger partial charge in [-0.2, -0.15) is 5.10 Å². The highest BCUT2D eigenvalue weighted by Gasteiger charge is 2.00. The molecule has 1 heterocycles. The second kappa shape index (κ2) is 5.81. The first kappa shape index (κ1) is 11.2. The highest BCUT2D eigenvalue weighted by atomic mass is 15.2. The van der Waals surface area contributed by atoms with E-state index in [1.165, 1.54) is 18.4 Å². The minimum atomic E-state index is 0.636. The van der Waals surface area contributed by atoms with Crippen molar-refractivity contribution in [2.75, 3.05) is 6.54 Å². The van der Waals surface area contributed by atoms with Gasteiger partial charge in [0.1, 0.15) is 0 Å². The van der Waals surface area contributed by atoms with Gasteiger partial charge in [-0.25, -0.2) is 0 Å². The van der Waals surface area contributed by atoms with Crippen LogP contribution in [-0.2, 0) is 13.5 Å². The number of nitrogens with zero attached hydrogens (tertiary/aromatic N) is 2. The summed E-state index contributed by atoms with van der Waals surface area (Å²) >= 11 is 0. The van der Waals surface area contributed by atoms with E-state index in [0.717, 1.165) is 13.0 Å². The highest BCUT2D eigenvalue weighted by Crippen LogP contribution is 2.05. The number of aromatic nitrogens is 2. The fourth-order valence-electron chi connectivity index (χ4n) is 1.66. The summed E-state index contributed by atoms with van der Waals surface area (Å²) in [4.78, 5) is 0. The first-order valence-corrected chi connectivity index (χ1v) is 5.43. The Balaban J connectivity index is 2.15. The maximum Gasteiger partial charge on any atom is 0.0521 e. The summed E-state index contributed by atoms with van der Waals surface area (Å²) in [5.41, 5.74) is 1.34. The average molecular weight is 195 g/mol. The van der Waals surface area contributed by atoms with E-state index in [1.54, 1.807) is 0 Å². The Morgan fingerprint density at radius 1 is 1.57 bits per heavy atom. The topological polar surface area (TPSA) is 29.9 Å². The van der Waals surface area contributed by atoms with Crippen molar-refractivity contribution in [3.63, 3.8) is 0 Å². The van der Waals surface area contributed by atoms with Crippen molar-refractivity contribution in [2.24, 2.45) is 7.05 Å². The Kier molecular flexibility index (Phi) is 4.66. The highest BCUT2D eigenvalue weighted by molar-refractivity contribution is 5.03. The number of hydrogen-bond donors (Lipinski definition) is 1. The molecule has 0 aromatic carbocycles. The zero-order valence-corrected chi connectivity index (χ0v) is 9.45. The molecule has 0 aliphatic rings. The maximum absolute atomic E-state index is 4.15. The van der Waals surface area contributed by atoms with Crippen LogP contribution in [0.15, 0.2) is 12.4 Å². The molecule has 1 N–H and O–H groups in total. The van der Waals surface area contributed by atoms with Crippen molar-refractivity contribution < 1.29 is 0 Å². The molecule has 0 saturated carbocycles. The van der Waals surface area contributed by atoms with Crippen LogP contribution < -0.4 is 5.32 Å². The molecular formula is C11H21N3. The van der Waals surface area contributed by atoms with E-state index in [4.69, 9.17) is 0 Å². The second-order valence-electron chi connectivity index (χ2n) is 3.87. The summed E-state index contributed by atoms with van der Waals surface area (Å²) in [7, 11) is 1.96. The van der Waals surface area contributed by atoms with Gasteiger partial charge in [0.15, 0.2) is 0 Å². The summed E-state index contributed by atoms with van der Waals surface area (Å²) in [6.07, 6.45) is 7.67. The van der Waals surface area contributed by atoms with Crippen LogP contribution in [0.4, 0.5) is 0 Å². The van der Waals surface area contributed by atoms with E-state index in [2.05, 4.69) is 30.5 Å². The zero-order valence-electron chi connectivity index (χ0n) is 9.45. The molecule has 3 nitrogen and oxygen atoms in total. The molecule has 0 aliphatic carbocycles. The molecule has 1 rings (SSSR count). The van der Waals surface area contributed by atoms with Crippen molar-refractivity contribution in [1.29, 1.82) is 0 Å². The molecule has 80 valence electrons. The van der Waals surface area contributed by atoms with Crippen LogP contribution in [0, 0.1) is 0 Å². The third-order valence-corrected chi connectivity index (χ3v) is 2.41. The molecule has 0 bridgehead atoms. The van der Waals surface area contributed by atoms with Gasteiger partial charge in [0.2, 0.25) is 0 Å². The standard InChI is InChI=1S/C11H21N3/c1-4-12-10(2)6-5-7-11-8-13-14(3)9-11/h8-10,12H,4-7H2,1-3H3. The summed E-state index contributed by atoms with van der Waals surface area (Å²) in [6.45, 7) is 5.46. The van der Waals surface area contributed by atoms with Gasteiger partial charge in [0.05, 0.1) is 6.20 Å². The molecule has 0 aliphatic heterocycles. The van der Waals surface area contributed by atoms with Gasteiger partial charge in [-0.15, -0.1) is 0 Å². The molecule has 1 aromatic rings. The molecule has 1 atom stereocenters. The normalized spacial score (nSPS) is 13.1. The summed E-state index contributed by atoms with van der Waals surface area (Å²) in [5, 5.41) is 7.57. The smallest absolute Gasteiger partial charge is 0.0521 e. The molecule has 0 spiro atoms. The van der Waals surface area contributed by atoms with Crippen molar-refractivity contribution >= 4 is 0 Å². The minimum absolute atomic E-state index is 0.636. The molecule has 3 heteroatoms. The Labute approximate surface area is 86.5 Å². The first-order valence-electron chi connectivity index (χ1n) is 5.43. The summed E-state index contributed by atoms with van der Waals surface area (Å²) in [6, 6.07) is 0.636. The van der Waals surface area contributed by atoms with Gasteiger partial charge in [-0.05, 0) is 38.3 Å². The molecular weight excluding hydrogens is 174 g/mol. The van der Waals surface area contributed by atoms with Gasteiger partial charge >= 0.3 is 0 Å². The lowest BCUT2D eigenvalue weighted by Crippen LogP contribution is -2.25. The molecule has 0 fully saturated rings. The van der Waals surface area contributed by atoms with Crippen LogP contribution >= 0.6 is 0 Å². The summed E-state index contributed by atoms with van der Waals surface area (Å²) < 4.78 is 1.86. The van der Waals surface area contributed by atoms with E-state index >= 15 is 0 Å². The quantitative estimate of drug-likeness (QED) is 0.749. The van der Waals surface area contributed by atoms with Gasteiger partial charge in [-0.1, -0.05) is 6.92 Å². The third kappa shape index (κ3) is 3.92. The lowest BCUT2D eigenvalue weighted by molar-refractivity contribution is 0.512. The van der Waals surface area contributed by atoms with Gasteiger partial charge in [-0.3, -0.25) is 4.68 Å². The van der Waals surface area contributed by atoms with E-state index in [9.17, 15) is 0 Å². The number of rotatable bonds is 6. The fourth-order valence-corrected chi connectivity index (χ4v) is 1.66. The molecule has 1 aromatic heterocycles. The van der Waals surface area contributed by atoms with E-state index in [1.807, 2.05) is 17.9 Å². The number of hydrogen-bond acceptors (Lipinski definition) is 2. The zero-order chi connectivity index (χ0) is 10.4. The monoisotopic (exact) mass is 195 g/mol. The SMILES string of the molecule is CCNC(C)CCCc1cnn(C)c1. The molecule has 0 radical (unpaired) electrons. The van der Waals surface area contributed by atoms with Crippen LogP contribution in [0.1, 0.15) is 32.3 Å². The van der Waals surface area contributed by atoms with Crippen LogP contribution in [0.3, 0.4) is 0 Å².